The van der Waals surface area contributed by atoms with Crippen molar-refractivity contribution in [2.75, 3.05) is 7.11 Å². The van der Waals surface area contributed by atoms with Crippen molar-refractivity contribution in [1.29, 1.82) is 0 Å². The molecule has 0 spiro atoms. The molecule has 0 N–H and O–H groups in total. The van der Waals surface area contributed by atoms with Crippen LogP contribution >= 0.6 is 15.9 Å². The van der Waals surface area contributed by atoms with Crippen LogP contribution in [-0.4, -0.2) is 18.1 Å². The molecular formula is C11H8BrNO2. The number of nitrogens with zero attached hydrogens (tertiary/aromatic N) is 1. The van der Waals surface area contributed by atoms with E-state index in [1.165, 1.54) is 7.11 Å². The number of carbonyl (C=O) groups excluding carboxylic acids is 1. The third-order valence-corrected chi connectivity index (χ3v) is 2.81. The molecule has 0 saturated heterocycles. The second-order valence-electron chi connectivity index (χ2n) is 2.99. The molecule has 2 aromatic rings. The van der Waals surface area contributed by atoms with E-state index in [2.05, 4.69) is 25.7 Å². The molecular weight excluding hydrogens is 258 g/mol. The molecule has 0 amide bonds. The van der Waals surface area contributed by atoms with Crippen LogP contribution in [-0.2, 0) is 4.74 Å². The zero-order chi connectivity index (χ0) is 10.8. The predicted molar refractivity (Wildman–Crippen MR) is 60.8 cm³/mol. The van der Waals surface area contributed by atoms with Crippen LogP contribution in [0.3, 0.4) is 0 Å². The number of aromatic nitrogens is 1. The highest BCUT2D eigenvalue weighted by molar-refractivity contribution is 9.10. The maximum absolute atomic E-state index is 11.5. The summed E-state index contributed by atoms with van der Waals surface area (Å²) in [6.07, 6.45) is 1.65. The van der Waals surface area contributed by atoms with Crippen molar-refractivity contribution in [1.82, 2.24) is 4.98 Å². The van der Waals surface area contributed by atoms with E-state index >= 15 is 0 Å². The summed E-state index contributed by atoms with van der Waals surface area (Å²) in [6.45, 7) is 0. The minimum absolute atomic E-state index is 0.369. The lowest BCUT2D eigenvalue weighted by molar-refractivity contribution is 0.0603. The molecule has 1 aromatic heterocycles. The Hall–Kier alpha value is -1.42. The van der Waals surface area contributed by atoms with E-state index in [1.807, 2.05) is 12.1 Å². The molecule has 0 aliphatic carbocycles. The maximum atomic E-state index is 11.5. The van der Waals surface area contributed by atoms with Gasteiger partial charge in [0.25, 0.3) is 0 Å². The van der Waals surface area contributed by atoms with Gasteiger partial charge in [0.1, 0.15) is 0 Å². The smallest absolute Gasteiger partial charge is 0.340 e. The normalized spacial score (nSPS) is 10.3. The summed E-state index contributed by atoms with van der Waals surface area (Å²) in [5.41, 5.74) is 1.13. The number of rotatable bonds is 1. The Morgan fingerprint density at radius 2 is 2.20 bits per heavy atom. The lowest BCUT2D eigenvalue weighted by Crippen LogP contribution is -2.02. The van der Waals surface area contributed by atoms with E-state index in [0.717, 1.165) is 9.86 Å². The van der Waals surface area contributed by atoms with Gasteiger partial charge in [-0.3, -0.25) is 4.98 Å². The molecule has 0 saturated carbocycles. The molecule has 76 valence electrons. The molecule has 1 aromatic carbocycles. The molecule has 15 heavy (non-hydrogen) atoms. The fourth-order valence-electron chi connectivity index (χ4n) is 1.42. The van der Waals surface area contributed by atoms with Crippen LogP contribution in [0.1, 0.15) is 10.4 Å². The third kappa shape index (κ3) is 1.72. The molecule has 0 atom stereocenters. The zero-order valence-corrected chi connectivity index (χ0v) is 9.61. The third-order valence-electron chi connectivity index (χ3n) is 2.12. The highest BCUT2D eigenvalue weighted by Gasteiger charge is 2.11. The van der Waals surface area contributed by atoms with Crippen LogP contribution in [0.25, 0.3) is 10.9 Å². The van der Waals surface area contributed by atoms with Crippen LogP contribution in [0.2, 0.25) is 0 Å². The summed E-state index contributed by atoms with van der Waals surface area (Å²) in [5.74, 6) is -0.369. The Balaban J connectivity index is 2.77. The number of para-hydroxylation sites is 1. The quantitative estimate of drug-likeness (QED) is 0.745. The monoisotopic (exact) mass is 265 g/mol. The van der Waals surface area contributed by atoms with Crippen LogP contribution in [0.5, 0.6) is 0 Å². The second kappa shape index (κ2) is 3.98. The number of esters is 1. The highest BCUT2D eigenvalue weighted by Crippen LogP contribution is 2.24. The molecule has 0 bridgehead atoms. The van der Waals surface area contributed by atoms with E-state index in [1.54, 1.807) is 18.3 Å². The van der Waals surface area contributed by atoms with Gasteiger partial charge in [0.05, 0.1) is 18.2 Å². The van der Waals surface area contributed by atoms with Crippen molar-refractivity contribution in [3.8, 4) is 0 Å². The van der Waals surface area contributed by atoms with Crippen LogP contribution in [0.4, 0.5) is 0 Å². The molecule has 1 heterocycles. The topological polar surface area (TPSA) is 39.2 Å². The number of halogens is 1. The van der Waals surface area contributed by atoms with E-state index in [9.17, 15) is 4.79 Å². The largest absolute Gasteiger partial charge is 0.465 e. The van der Waals surface area contributed by atoms with Gasteiger partial charge < -0.3 is 4.74 Å². The van der Waals surface area contributed by atoms with Crippen LogP contribution in [0.15, 0.2) is 34.9 Å². The van der Waals surface area contributed by atoms with Gasteiger partial charge in [-0.25, -0.2) is 4.79 Å². The first-order valence-corrected chi connectivity index (χ1v) is 5.15. The van der Waals surface area contributed by atoms with Crippen molar-refractivity contribution < 1.29 is 9.53 Å². The average Bonchev–Trinajstić information content (AvgIpc) is 2.28. The van der Waals surface area contributed by atoms with Gasteiger partial charge in [0, 0.05) is 16.1 Å². The summed E-state index contributed by atoms with van der Waals surface area (Å²) in [7, 11) is 1.36. The van der Waals surface area contributed by atoms with Crippen molar-refractivity contribution in [2.24, 2.45) is 0 Å². The first-order valence-electron chi connectivity index (χ1n) is 4.35. The minimum Gasteiger partial charge on any atom is -0.465 e. The summed E-state index contributed by atoms with van der Waals surface area (Å²) in [4.78, 5) is 15.6. The number of fused-ring (bicyclic) bond motifs is 1. The minimum atomic E-state index is -0.369. The van der Waals surface area contributed by atoms with Gasteiger partial charge >= 0.3 is 5.97 Å². The van der Waals surface area contributed by atoms with Crippen molar-refractivity contribution in [3.63, 3.8) is 0 Å². The number of hydrogen-bond donors (Lipinski definition) is 0. The molecule has 0 radical (unpaired) electrons. The number of carbonyl (C=O) groups is 1. The molecule has 0 fully saturated rings. The first kappa shape index (κ1) is 10.1. The highest BCUT2D eigenvalue weighted by atomic mass is 79.9. The van der Waals surface area contributed by atoms with Crippen molar-refractivity contribution in [2.45, 2.75) is 0 Å². The lowest BCUT2D eigenvalue weighted by Gasteiger charge is -2.04. The fraction of sp³-hybridized carbons (Fsp3) is 0.0909. The summed E-state index contributed by atoms with van der Waals surface area (Å²) < 4.78 is 5.61. The Bertz CT molecular complexity index is 525. The SMILES string of the molecule is COC(=O)c1cccc2c(Br)ccnc12. The standard InChI is InChI=1S/C11H8BrNO2/c1-15-11(14)8-4-2-3-7-9(12)5-6-13-10(7)8/h2-6H,1H3. The number of hydrogen-bond acceptors (Lipinski definition) is 3. The van der Waals surface area contributed by atoms with Crippen LogP contribution < -0.4 is 0 Å². The Morgan fingerprint density at radius 1 is 1.40 bits per heavy atom. The summed E-state index contributed by atoms with van der Waals surface area (Å²) in [6, 6.07) is 7.25. The maximum Gasteiger partial charge on any atom is 0.340 e. The Kier molecular flexibility index (Phi) is 2.68. The predicted octanol–water partition coefficient (Wildman–Crippen LogP) is 2.78. The van der Waals surface area contributed by atoms with Gasteiger partial charge in [0.15, 0.2) is 0 Å². The fourth-order valence-corrected chi connectivity index (χ4v) is 1.86. The number of pyridine rings is 1. The van der Waals surface area contributed by atoms with E-state index < -0.39 is 0 Å². The number of ether oxygens (including phenoxy) is 1. The van der Waals surface area contributed by atoms with Gasteiger partial charge in [0.2, 0.25) is 0 Å². The first-order chi connectivity index (χ1) is 7.24. The summed E-state index contributed by atoms with van der Waals surface area (Å²) in [5, 5.41) is 0.903. The van der Waals surface area contributed by atoms with Crippen LogP contribution in [0, 0.1) is 0 Å². The number of methoxy groups -OCH3 is 1. The lowest BCUT2D eigenvalue weighted by atomic mass is 10.1. The second-order valence-corrected chi connectivity index (χ2v) is 3.84. The van der Waals surface area contributed by atoms with E-state index in [-0.39, 0.29) is 5.97 Å². The van der Waals surface area contributed by atoms with E-state index in [0.29, 0.717) is 11.1 Å². The van der Waals surface area contributed by atoms with Gasteiger partial charge in [-0.2, -0.15) is 0 Å². The van der Waals surface area contributed by atoms with Gasteiger partial charge in [-0.1, -0.05) is 28.1 Å². The Labute approximate surface area is 95.2 Å². The molecule has 4 heteroatoms. The molecule has 0 unspecified atom stereocenters. The molecule has 0 aliphatic heterocycles. The average molecular weight is 266 g/mol. The molecule has 2 rings (SSSR count). The zero-order valence-electron chi connectivity index (χ0n) is 8.03. The van der Waals surface area contributed by atoms with Gasteiger partial charge in [-0.15, -0.1) is 0 Å². The summed E-state index contributed by atoms with van der Waals surface area (Å²) >= 11 is 3.41. The molecule has 3 nitrogen and oxygen atoms in total. The Morgan fingerprint density at radius 3 is 2.93 bits per heavy atom. The van der Waals surface area contributed by atoms with Gasteiger partial charge in [-0.05, 0) is 12.1 Å². The number of benzene rings is 1. The molecule has 0 aliphatic rings. The van der Waals surface area contributed by atoms with E-state index in [4.69, 9.17) is 0 Å². The van der Waals surface area contributed by atoms with Crippen molar-refractivity contribution in [3.05, 3.63) is 40.5 Å². The van der Waals surface area contributed by atoms with Crippen molar-refractivity contribution >= 4 is 32.8 Å².